The van der Waals surface area contributed by atoms with Crippen molar-refractivity contribution in [2.24, 2.45) is 11.3 Å². The number of methoxy groups -OCH3 is 2. The molecule has 0 N–H and O–H groups in total. The van der Waals surface area contributed by atoms with E-state index in [1.807, 2.05) is 0 Å². The van der Waals surface area contributed by atoms with E-state index in [4.69, 9.17) is 4.74 Å². The van der Waals surface area contributed by atoms with Crippen LogP contribution in [0.1, 0.15) is 25.8 Å². The number of hydrogen-bond donors (Lipinski definition) is 0. The molecule has 0 saturated carbocycles. The van der Waals surface area contributed by atoms with Gasteiger partial charge >= 0.3 is 12.1 Å². The second-order valence-corrected chi connectivity index (χ2v) is 6.14. The van der Waals surface area contributed by atoms with E-state index >= 15 is 0 Å². The van der Waals surface area contributed by atoms with Crippen LogP contribution in [-0.4, -0.2) is 26.4 Å². The average Bonchev–Trinajstić information content (AvgIpc) is 2.82. The lowest BCUT2D eigenvalue weighted by Gasteiger charge is -2.33. The van der Waals surface area contributed by atoms with Gasteiger partial charge in [-0.2, -0.15) is 17.6 Å². The number of hydrogen-bond acceptors (Lipinski definition) is 3. The summed E-state index contributed by atoms with van der Waals surface area (Å²) < 4.78 is 77.7. The maximum absolute atomic E-state index is 14.0. The monoisotopic (exact) mass is 364 g/mol. The van der Waals surface area contributed by atoms with Crippen LogP contribution in [0.2, 0.25) is 0 Å². The summed E-state index contributed by atoms with van der Waals surface area (Å²) in [6.07, 6.45) is -5.24. The zero-order chi connectivity index (χ0) is 19.2. The number of alkyl halides is 3. The van der Waals surface area contributed by atoms with Gasteiger partial charge in [0.25, 0.3) is 0 Å². The molecule has 2 atom stereocenters. The molecule has 3 nitrogen and oxygen atoms in total. The van der Waals surface area contributed by atoms with Gasteiger partial charge in [-0.1, -0.05) is 13.8 Å². The van der Waals surface area contributed by atoms with Gasteiger partial charge in [-0.25, -0.2) is 9.18 Å². The second kappa shape index (κ2) is 6.31. The number of carbonyl (C=O) groups excluding carboxylic acids is 1. The van der Waals surface area contributed by atoms with Crippen molar-refractivity contribution in [1.29, 1.82) is 0 Å². The van der Waals surface area contributed by atoms with Crippen LogP contribution in [0.4, 0.5) is 22.0 Å². The van der Waals surface area contributed by atoms with Gasteiger partial charge in [-0.15, -0.1) is 0 Å². The maximum Gasteiger partial charge on any atom is 0.395 e. The molecule has 1 aliphatic carbocycles. The van der Waals surface area contributed by atoms with Gasteiger partial charge < -0.3 is 9.47 Å². The van der Waals surface area contributed by atoms with Gasteiger partial charge in [0.1, 0.15) is 0 Å². The van der Waals surface area contributed by atoms with Gasteiger partial charge in [0.05, 0.1) is 19.6 Å². The highest BCUT2D eigenvalue weighted by Crippen LogP contribution is 2.59. The molecule has 25 heavy (non-hydrogen) atoms. The van der Waals surface area contributed by atoms with Crippen LogP contribution >= 0.6 is 0 Å². The Bertz CT molecular complexity index is 739. The van der Waals surface area contributed by atoms with E-state index in [0.717, 1.165) is 33.3 Å². The van der Waals surface area contributed by atoms with Gasteiger partial charge in [0.2, 0.25) is 5.82 Å². The second-order valence-electron chi connectivity index (χ2n) is 6.14. The molecule has 0 amide bonds. The van der Waals surface area contributed by atoms with Crippen LogP contribution < -0.4 is 4.74 Å². The van der Waals surface area contributed by atoms with Crippen LogP contribution in [0.15, 0.2) is 17.7 Å². The summed E-state index contributed by atoms with van der Waals surface area (Å²) >= 11 is 0. The van der Waals surface area contributed by atoms with E-state index in [2.05, 4.69) is 4.74 Å². The molecular formula is C17H17F5O3. The van der Waals surface area contributed by atoms with Crippen molar-refractivity contribution in [1.82, 2.24) is 0 Å². The Kier molecular flexibility index (Phi) is 4.85. The van der Waals surface area contributed by atoms with Crippen LogP contribution in [-0.2, 0) is 9.53 Å². The number of rotatable bonds is 3. The van der Waals surface area contributed by atoms with Gasteiger partial charge in [0.15, 0.2) is 11.6 Å². The van der Waals surface area contributed by atoms with Crippen molar-refractivity contribution in [3.05, 3.63) is 34.9 Å². The Hall–Kier alpha value is -2.12. The standard InChI is InChI=1S/C17H17F5O3/c1-8-12(9-5-6-11(18)13(19)14(9)24-3)10(15(23)25-4)7-16(8,2)17(20,21)22/h5-6,8H,7H2,1-4H3/t8-,16+/m0/s1. The van der Waals surface area contributed by atoms with E-state index in [0.29, 0.717) is 0 Å². The first-order valence-corrected chi connectivity index (χ1v) is 7.40. The van der Waals surface area contributed by atoms with Gasteiger partial charge in [-0.3, -0.25) is 0 Å². The van der Waals surface area contributed by atoms with Crippen LogP contribution in [0.25, 0.3) is 5.57 Å². The molecule has 138 valence electrons. The van der Waals surface area contributed by atoms with Crippen molar-refractivity contribution < 1.29 is 36.2 Å². The number of ether oxygens (including phenoxy) is 2. The summed E-state index contributed by atoms with van der Waals surface area (Å²) in [6.45, 7) is 2.28. The van der Waals surface area contributed by atoms with Crippen molar-refractivity contribution in [2.45, 2.75) is 26.4 Å². The number of halogens is 5. The fraction of sp³-hybridized carbons (Fsp3) is 0.471. The summed E-state index contributed by atoms with van der Waals surface area (Å²) in [5.74, 6) is -5.22. The molecule has 0 radical (unpaired) electrons. The minimum Gasteiger partial charge on any atom is -0.493 e. The molecule has 0 unspecified atom stereocenters. The fourth-order valence-corrected chi connectivity index (χ4v) is 3.19. The molecule has 0 aromatic heterocycles. The highest BCUT2D eigenvalue weighted by atomic mass is 19.4. The summed E-state index contributed by atoms with van der Waals surface area (Å²) in [5, 5.41) is 0. The maximum atomic E-state index is 14.0. The zero-order valence-electron chi connectivity index (χ0n) is 14.1. The van der Waals surface area contributed by atoms with Gasteiger partial charge in [0, 0.05) is 11.1 Å². The molecule has 0 aliphatic heterocycles. The zero-order valence-corrected chi connectivity index (χ0v) is 14.1. The number of allylic oxidation sites excluding steroid dienone is 1. The number of benzene rings is 1. The summed E-state index contributed by atoms with van der Waals surface area (Å²) in [4.78, 5) is 12.1. The minimum absolute atomic E-state index is 0.0533. The first kappa shape index (κ1) is 19.2. The smallest absolute Gasteiger partial charge is 0.395 e. The molecule has 1 aliphatic rings. The molecule has 2 rings (SSSR count). The topological polar surface area (TPSA) is 35.5 Å². The Morgan fingerprint density at radius 1 is 1.24 bits per heavy atom. The highest BCUT2D eigenvalue weighted by molar-refractivity contribution is 6.00. The molecular weight excluding hydrogens is 347 g/mol. The van der Waals surface area contributed by atoms with Crippen molar-refractivity contribution >= 4 is 11.5 Å². The normalized spacial score (nSPS) is 23.8. The average molecular weight is 364 g/mol. The molecule has 0 fully saturated rings. The summed E-state index contributed by atoms with van der Waals surface area (Å²) in [5.41, 5.74) is -2.62. The molecule has 0 saturated heterocycles. The third-order valence-electron chi connectivity index (χ3n) is 4.88. The lowest BCUT2D eigenvalue weighted by molar-refractivity contribution is -0.225. The molecule has 0 heterocycles. The lowest BCUT2D eigenvalue weighted by atomic mass is 9.76. The largest absolute Gasteiger partial charge is 0.493 e. The van der Waals surface area contributed by atoms with E-state index in [-0.39, 0.29) is 16.7 Å². The molecule has 1 aromatic rings. The molecule has 0 spiro atoms. The quantitative estimate of drug-likeness (QED) is 0.585. The highest BCUT2D eigenvalue weighted by Gasteiger charge is 2.60. The van der Waals surface area contributed by atoms with Crippen LogP contribution in [0.5, 0.6) is 5.75 Å². The minimum atomic E-state index is -4.61. The van der Waals surface area contributed by atoms with Crippen LogP contribution in [0.3, 0.4) is 0 Å². The first-order chi connectivity index (χ1) is 11.5. The molecule has 0 bridgehead atoms. The SMILES string of the molecule is COC(=O)C1=C(c2ccc(F)c(F)c2OC)[C@H](C)[C@](C)(C(F)(F)F)C1. The van der Waals surface area contributed by atoms with E-state index in [9.17, 15) is 26.7 Å². The summed E-state index contributed by atoms with van der Waals surface area (Å²) in [7, 11) is 2.12. The lowest BCUT2D eigenvalue weighted by Crippen LogP contribution is -2.38. The first-order valence-electron chi connectivity index (χ1n) is 7.40. The van der Waals surface area contributed by atoms with E-state index < -0.39 is 47.3 Å². The number of esters is 1. The van der Waals surface area contributed by atoms with Crippen molar-refractivity contribution in [3.8, 4) is 5.75 Å². The van der Waals surface area contributed by atoms with Crippen LogP contribution in [0, 0.1) is 23.0 Å². The Morgan fingerprint density at radius 3 is 2.32 bits per heavy atom. The Balaban J connectivity index is 2.75. The fourth-order valence-electron chi connectivity index (χ4n) is 3.19. The number of carbonyl (C=O) groups is 1. The van der Waals surface area contributed by atoms with Crippen molar-refractivity contribution in [3.63, 3.8) is 0 Å². The van der Waals surface area contributed by atoms with E-state index in [1.54, 1.807) is 0 Å². The summed E-state index contributed by atoms with van der Waals surface area (Å²) in [6, 6.07) is 1.89. The molecule has 8 heteroatoms. The Labute approximate surface area is 141 Å². The van der Waals surface area contributed by atoms with E-state index in [1.165, 1.54) is 6.92 Å². The predicted molar refractivity (Wildman–Crippen MR) is 79.8 cm³/mol. The Morgan fingerprint density at radius 2 is 1.84 bits per heavy atom. The van der Waals surface area contributed by atoms with Crippen molar-refractivity contribution in [2.75, 3.05) is 14.2 Å². The third-order valence-corrected chi connectivity index (χ3v) is 4.88. The third kappa shape index (κ3) is 2.87. The molecule has 1 aromatic carbocycles. The van der Waals surface area contributed by atoms with Gasteiger partial charge in [-0.05, 0) is 30.0 Å². The predicted octanol–water partition coefficient (Wildman–Crippen LogP) is 4.51.